The zero-order chi connectivity index (χ0) is 20.3. The predicted molar refractivity (Wildman–Crippen MR) is 101 cm³/mol. The van der Waals surface area contributed by atoms with E-state index in [1.165, 1.54) is 12.0 Å². The number of ether oxygens (including phenoxy) is 1. The number of hydrogen-bond donors (Lipinski definition) is 0. The van der Waals surface area contributed by atoms with E-state index in [-0.39, 0.29) is 23.7 Å². The molecule has 0 spiro atoms. The van der Waals surface area contributed by atoms with Crippen LogP contribution in [-0.4, -0.2) is 68.5 Å². The second-order valence-electron chi connectivity index (χ2n) is 9.38. The SMILES string of the molecule is CCC(C)(CCC1(C)CC(C)C(=O)N(CC[N+](C)(C)C)C1=O)C(=O)OC. The Morgan fingerprint density at radius 3 is 2.38 bits per heavy atom. The van der Waals surface area contributed by atoms with Crippen LogP contribution in [0.4, 0.5) is 0 Å². The molecule has 0 aromatic rings. The summed E-state index contributed by atoms with van der Waals surface area (Å²) in [4.78, 5) is 39.3. The number of carbonyl (C=O) groups excluding carboxylic acids is 3. The maximum atomic E-state index is 13.1. The topological polar surface area (TPSA) is 63.7 Å². The van der Waals surface area contributed by atoms with Gasteiger partial charge in [0.15, 0.2) is 0 Å². The molecule has 150 valence electrons. The fourth-order valence-electron chi connectivity index (χ4n) is 3.58. The second-order valence-corrected chi connectivity index (χ2v) is 9.38. The van der Waals surface area contributed by atoms with Crippen molar-refractivity contribution in [3.63, 3.8) is 0 Å². The van der Waals surface area contributed by atoms with Gasteiger partial charge in [-0.05, 0) is 32.6 Å². The Hall–Kier alpha value is -1.43. The number of likely N-dealkylation sites (tertiary alicyclic amines) is 1. The molecule has 0 saturated carbocycles. The van der Waals surface area contributed by atoms with E-state index in [0.29, 0.717) is 36.7 Å². The summed E-state index contributed by atoms with van der Waals surface area (Å²) in [6.07, 6.45) is 2.34. The second kappa shape index (κ2) is 8.07. The van der Waals surface area contributed by atoms with E-state index in [2.05, 4.69) is 0 Å². The molecular formula is C20H37N2O4+. The predicted octanol–water partition coefficient (Wildman–Crippen LogP) is 2.46. The van der Waals surface area contributed by atoms with Crippen molar-refractivity contribution in [2.75, 3.05) is 41.3 Å². The molecule has 1 aliphatic heterocycles. The number of piperidine rings is 1. The van der Waals surface area contributed by atoms with Gasteiger partial charge in [-0.15, -0.1) is 0 Å². The van der Waals surface area contributed by atoms with Crippen LogP contribution in [0.5, 0.6) is 0 Å². The Balaban J connectivity index is 2.97. The van der Waals surface area contributed by atoms with Gasteiger partial charge < -0.3 is 9.22 Å². The number of esters is 1. The Labute approximate surface area is 158 Å². The van der Waals surface area contributed by atoms with Crippen molar-refractivity contribution >= 4 is 17.8 Å². The van der Waals surface area contributed by atoms with Crippen molar-refractivity contribution in [2.24, 2.45) is 16.7 Å². The van der Waals surface area contributed by atoms with Gasteiger partial charge in [-0.25, -0.2) is 0 Å². The number of methoxy groups -OCH3 is 1. The maximum absolute atomic E-state index is 13.1. The highest BCUT2D eigenvalue weighted by Crippen LogP contribution is 2.42. The molecule has 3 unspecified atom stereocenters. The average molecular weight is 370 g/mol. The maximum Gasteiger partial charge on any atom is 0.311 e. The Bertz CT molecular complexity index is 555. The molecule has 1 rings (SSSR count). The number of imide groups is 1. The normalized spacial score (nSPS) is 26.6. The molecule has 1 aliphatic rings. The zero-order valence-electron chi connectivity index (χ0n) is 17.8. The van der Waals surface area contributed by atoms with E-state index >= 15 is 0 Å². The average Bonchev–Trinajstić information content (AvgIpc) is 2.56. The van der Waals surface area contributed by atoms with Crippen molar-refractivity contribution in [1.29, 1.82) is 0 Å². The zero-order valence-corrected chi connectivity index (χ0v) is 17.8. The summed E-state index contributed by atoms with van der Waals surface area (Å²) in [6.45, 7) is 8.83. The van der Waals surface area contributed by atoms with Gasteiger partial charge in [0.25, 0.3) is 0 Å². The van der Waals surface area contributed by atoms with E-state index in [1.54, 1.807) is 0 Å². The molecular weight excluding hydrogens is 332 g/mol. The van der Waals surface area contributed by atoms with Crippen LogP contribution in [0.2, 0.25) is 0 Å². The van der Waals surface area contributed by atoms with Crippen LogP contribution in [0.15, 0.2) is 0 Å². The molecule has 3 atom stereocenters. The number of carbonyl (C=O) groups is 3. The molecule has 2 amide bonds. The van der Waals surface area contributed by atoms with E-state index in [0.717, 1.165) is 6.54 Å². The molecule has 6 heteroatoms. The van der Waals surface area contributed by atoms with Crippen molar-refractivity contribution < 1.29 is 23.6 Å². The van der Waals surface area contributed by atoms with E-state index in [4.69, 9.17) is 4.74 Å². The number of rotatable bonds is 8. The molecule has 0 bridgehead atoms. The van der Waals surface area contributed by atoms with Gasteiger partial charge in [0, 0.05) is 11.3 Å². The van der Waals surface area contributed by atoms with E-state index in [1.807, 2.05) is 48.8 Å². The monoisotopic (exact) mass is 369 g/mol. The first-order chi connectivity index (χ1) is 11.8. The molecule has 0 aromatic carbocycles. The van der Waals surface area contributed by atoms with Gasteiger partial charge in [-0.3, -0.25) is 19.3 Å². The smallest absolute Gasteiger partial charge is 0.311 e. The molecule has 0 N–H and O–H groups in total. The van der Waals surface area contributed by atoms with E-state index in [9.17, 15) is 14.4 Å². The minimum absolute atomic E-state index is 0.0767. The molecule has 1 heterocycles. The van der Waals surface area contributed by atoms with Crippen molar-refractivity contribution in [2.45, 2.75) is 53.4 Å². The lowest BCUT2D eigenvalue weighted by Crippen LogP contribution is -2.56. The summed E-state index contributed by atoms with van der Waals surface area (Å²) in [5, 5.41) is 0. The lowest BCUT2D eigenvalue weighted by atomic mass is 9.69. The largest absolute Gasteiger partial charge is 0.469 e. The van der Waals surface area contributed by atoms with Gasteiger partial charge in [0.1, 0.15) is 0 Å². The van der Waals surface area contributed by atoms with Crippen molar-refractivity contribution in [3.05, 3.63) is 0 Å². The highest BCUT2D eigenvalue weighted by molar-refractivity contribution is 6.01. The minimum atomic E-state index is -0.622. The third-order valence-corrected chi connectivity index (χ3v) is 5.89. The third-order valence-electron chi connectivity index (χ3n) is 5.89. The molecule has 26 heavy (non-hydrogen) atoms. The van der Waals surface area contributed by atoms with Gasteiger partial charge >= 0.3 is 5.97 Å². The summed E-state index contributed by atoms with van der Waals surface area (Å²) in [7, 11) is 7.54. The van der Waals surface area contributed by atoms with Gasteiger partial charge in [-0.1, -0.05) is 20.8 Å². The molecule has 0 radical (unpaired) electrons. The number of nitrogens with zero attached hydrogens (tertiary/aromatic N) is 2. The molecule has 0 aliphatic carbocycles. The first kappa shape index (κ1) is 22.6. The van der Waals surface area contributed by atoms with Gasteiger partial charge in [-0.2, -0.15) is 0 Å². The highest BCUT2D eigenvalue weighted by Gasteiger charge is 2.48. The molecule has 1 saturated heterocycles. The summed E-state index contributed by atoms with van der Waals surface area (Å²) >= 11 is 0. The quantitative estimate of drug-likeness (QED) is 0.375. The first-order valence-corrected chi connectivity index (χ1v) is 9.54. The standard InChI is InChI=1S/C20H37N2O4/c1-9-19(3,18(25)26-8)10-11-20(4)14-15(2)16(23)21(17(20)24)12-13-22(5,6)7/h15H,9-14H2,1-8H3/q+1. The highest BCUT2D eigenvalue weighted by atomic mass is 16.5. The lowest BCUT2D eigenvalue weighted by molar-refractivity contribution is -0.869. The summed E-state index contributed by atoms with van der Waals surface area (Å²) in [5.74, 6) is -0.599. The molecule has 1 fully saturated rings. The Kier molecular flexibility index (Phi) is 7.02. The van der Waals surface area contributed by atoms with E-state index < -0.39 is 10.8 Å². The van der Waals surface area contributed by atoms with Crippen LogP contribution >= 0.6 is 0 Å². The lowest BCUT2D eigenvalue weighted by Gasteiger charge is -2.43. The summed E-state index contributed by atoms with van der Waals surface area (Å²) in [6, 6.07) is 0. The van der Waals surface area contributed by atoms with Gasteiger partial charge in [0.2, 0.25) is 11.8 Å². The van der Waals surface area contributed by atoms with Crippen molar-refractivity contribution in [1.82, 2.24) is 4.90 Å². The van der Waals surface area contributed by atoms with Crippen LogP contribution in [0.25, 0.3) is 0 Å². The number of amides is 2. The van der Waals surface area contributed by atoms with Crippen LogP contribution in [-0.2, 0) is 19.1 Å². The van der Waals surface area contributed by atoms with Crippen LogP contribution in [0.3, 0.4) is 0 Å². The number of quaternary nitrogens is 1. The summed E-state index contributed by atoms with van der Waals surface area (Å²) in [5.41, 5.74) is -1.22. The van der Waals surface area contributed by atoms with Crippen molar-refractivity contribution in [3.8, 4) is 0 Å². The molecule has 6 nitrogen and oxygen atoms in total. The first-order valence-electron chi connectivity index (χ1n) is 9.54. The van der Waals surface area contributed by atoms with Crippen LogP contribution < -0.4 is 0 Å². The summed E-state index contributed by atoms with van der Waals surface area (Å²) < 4.78 is 5.64. The Morgan fingerprint density at radius 1 is 1.35 bits per heavy atom. The number of likely N-dealkylation sites (N-methyl/N-ethyl adjacent to an activating group) is 1. The Morgan fingerprint density at radius 2 is 1.92 bits per heavy atom. The van der Waals surface area contributed by atoms with Crippen LogP contribution in [0, 0.1) is 16.7 Å². The third kappa shape index (κ3) is 5.06. The fourth-order valence-corrected chi connectivity index (χ4v) is 3.58. The van der Waals surface area contributed by atoms with Crippen LogP contribution in [0.1, 0.15) is 53.4 Å². The minimum Gasteiger partial charge on any atom is -0.469 e. The number of hydrogen-bond acceptors (Lipinski definition) is 4. The fraction of sp³-hybridized carbons (Fsp3) is 0.850. The molecule has 0 aromatic heterocycles. The van der Waals surface area contributed by atoms with Gasteiger partial charge in [0.05, 0.1) is 46.8 Å².